The molecule has 0 aromatic carbocycles. The van der Waals surface area contributed by atoms with Gasteiger partial charge in [-0.3, -0.25) is 0 Å². The molecular weight excluding hydrogens is 451 g/mol. The molecule has 1 N–H and O–H groups in total. The van der Waals surface area contributed by atoms with Crippen molar-refractivity contribution < 1.29 is 63.7 Å². The Morgan fingerprint density at radius 3 is 2.31 bits per heavy atom. The minimum Gasteiger partial charge on any atom is -0.644 e. The number of hydrogen-bond acceptors (Lipinski definition) is 2. The van der Waals surface area contributed by atoms with Crippen LogP contribution in [0.25, 0.3) is 5.32 Å². The van der Waals surface area contributed by atoms with Gasteiger partial charge in [0.25, 0.3) is 0 Å². The molecule has 1 radical (unpaired) electrons. The Hall–Kier alpha value is 0.962. The molecule has 1 fully saturated rings. The fourth-order valence-corrected chi connectivity index (χ4v) is 2.38. The van der Waals surface area contributed by atoms with Crippen LogP contribution in [0.1, 0.15) is 27.2 Å². The van der Waals surface area contributed by atoms with Gasteiger partial charge in [-0.05, 0) is 25.2 Å². The van der Waals surface area contributed by atoms with Crippen LogP contribution in [0.2, 0.25) is 0 Å². The molecule has 0 bridgehead atoms. The Morgan fingerprint density at radius 2 is 1.88 bits per heavy atom. The van der Waals surface area contributed by atoms with Crippen molar-refractivity contribution in [3.05, 3.63) is 17.5 Å². The van der Waals surface area contributed by atoms with Crippen molar-refractivity contribution in [2.75, 3.05) is 0 Å². The molecule has 1 aliphatic heterocycles. The van der Waals surface area contributed by atoms with E-state index in [2.05, 4.69) is 12.2 Å². The summed E-state index contributed by atoms with van der Waals surface area (Å²) < 4.78 is 0. The van der Waals surface area contributed by atoms with Gasteiger partial charge in [0, 0.05) is 53.8 Å². The summed E-state index contributed by atoms with van der Waals surface area (Å²) in [6.45, 7) is 5.87. The molecule has 1 saturated heterocycles. The normalized spacial score (nSPS) is 45.1. The second-order valence-electron chi connectivity index (χ2n) is 4.81. The van der Waals surface area contributed by atoms with Crippen molar-refractivity contribution in [2.24, 2.45) is 11.8 Å². The van der Waals surface area contributed by atoms with E-state index in [-0.39, 0.29) is 77.1 Å². The standard InChI is InChI=1S/C11H17NO2.W.Y/c1-7-8(2)11(6-9(13)12-11)5-4-10(7,3)14;;/h4-5,7-8,14H,6H2,1-3H3,(H,12,13);;/p-1. The van der Waals surface area contributed by atoms with Gasteiger partial charge in [0.05, 0.1) is 11.5 Å². The van der Waals surface area contributed by atoms with Crippen molar-refractivity contribution >= 4 is 5.91 Å². The molecule has 16 heavy (non-hydrogen) atoms. The van der Waals surface area contributed by atoms with Crippen LogP contribution in [-0.2, 0) is 58.6 Å². The van der Waals surface area contributed by atoms with Crippen LogP contribution < -0.4 is 0 Å². The zero-order valence-corrected chi connectivity index (χ0v) is 15.6. The first kappa shape index (κ1) is 17.0. The molecule has 2 rings (SSSR count). The van der Waals surface area contributed by atoms with Gasteiger partial charge >= 0.3 is 0 Å². The Bertz CT molecular complexity index is 309. The topological polar surface area (TPSA) is 51.4 Å². The molecular formula is C11H16NO2WY-. The summed E-state index contributed by atoms with van der Waals surface area (Å²) in [6, 6.07) is 0. The average molecular weight is 467 g/mol. The van der Waals surface area contributed by atoms with Crippen LogP contribution in [0.4, 0.5) is 0 Å². The van der Waals surface area contributed by atoms with Gasteiger partial charge < -0.3 is 15.2 Å². The maximum atomic E-state index is 10.9. The predicted octanol–water partition coefficient (Wildman–Crippen LogP) is 1.62. The molecule has 1 heterocycles. The molecule has 0 aromatic rings. The van der Waals surface area contributed by atoms with Gasteiger partial charge in [-0.2, -0.15) is 0 Å². The Balaban J connectivity index is 0.00000112. The molecule has 0 aromatic heterocycles. The van der Waals surface area contributed by atoms with E-state index in [1.807, 2.05) is 13.0 Å². The molecule has 0 saturated carbocycles. The fraction of sp³-hybridized carbons (Fsp3) is 0.727. The van der Waals surface area contributed by atoms with Gasteiger partial charge in [0.15, 0.2) is 0 Å². The molecule has 5 heteroatoms. The zero-order chi connectivity index (χ0) is 10.6. The number of aliphatic hydroxyl groups is 1. The molecule has 4 unspecified atom stereocenters. The van der Waals surface area contributed by atoms with Crippen molar-refractivity contribution in [1.29, 1.82) is 0 Å². The molecule has 1 aliphatic carbocycles. The molecule has 3 nitrogen and oxygen atoms in total. The van der Waals surface area contributed by atoms with Crippen LogP contribution >= 0.6 is 0 Å². The number of nitrogens with zero attached hydrogens (tertiary/aromatic N) is 1. The van der Waals surface area contributed by atoms with E-state index < -0.39 is 5.60 Å². The predicted molar refractivity (Wildman–Crippen MR) is 53.8 cm³/mol. The summed E-state index contributed by atoms with van der Waals surface area (Å²) in [5.41, 5.74) is -1.07. The number of carbonyl (C=O) groups is 1. The Labute approximate surface area is 136 Å². The van der Waals surface area contributed by atoms with E-state index >= 15 is 0 Å². The Kier molecular flexibility index (Phi) is 5.62. The summed E-state index contributed by atoms with van der Waals surface area (Å²) in [5, 5.41) is 14.1. The minimum absolute atomic E-state index is 0. The first-order valence-electron chi connectivity index (χ1n) is 5.06. The van der Waals surface area contributed by atoms with E-state index in [4.69, 9.17) is 0 Å². The van der Waals surface area contributed by atoms with Gasteiger partial charge in [0.2, 0.25) is 0 Å². The maximum absolute atomic E-state index is 10.9. The zero-order valence-electron chi connectivity index (χ0n) is 9.80. The number of carbonyl (C=O) groups excluding carboxylic acids is 1. The number of rotatable bonds is 0. The molecule has 4 atom stereocenters. The SMILES string of the molecule is CC1C(C)C2(C=CC1(C)O)CC(=O)[N-]2.[W].[Y]. The van der Waals surface area contributed by atoms with Crippen LogP contribution in [0.15, 0.2) is 12.2 Å². The van der Waals surface area contributed by atoms with Gasteiger partial charge in [-0.25, -0.2) is 0 Å². The van der Waals surface area contributed by atoms with E-state index in [0.29, 0.717) is 6.42 Å². The number of hydrogen-bond donors (Lipinski definition) is 1. The van der Waals surface area contributed by atoms with Gasteiger partial charge in [-0.1, -0.05) is 31.5 Å². The van der Waals surface area contributed by atoms with E-state index in [9.17, 15) is 9.90 Å². The van der Waals surface area contributed by atoms with Crippen LogP contribution in [0.5, 0.6) is 0 Å². The van der Waals surface area contributed by atoms with Crippen molar-refractivity contribution in [3.8, 4) is 0 Å². The summed E-state index contributed by atoms with van der Waals surface area (Å²) in [5.74, 6) is 0.333. The first-order chi connectivity index (χ1) is 6.37. The smallest absolute Gasteiger partial charge is 0.0827 e. The van der Waals surface area contributed by atoms with Gasteiger partial charge in [0.1, 0.15) is 0 Å². The van der Waals surface area contributed by atoms with E-state index in [1.54, 1.807) is 13.0 Å². The maximum Gasteiger partial charge on any atom is 0.0827 e. The first-order valence-corrected chi connectivity index (χ1v) is 5.06. The molecule has 87 valence electrons. The number of β-lactam (4-membered cyclic amide) rings is 1. The summed E-state index contributed by atoms with van der Waals surface area (Å²) in [7, 11) is 0. The van der Waals surface area contributed by atoms with Crippen LogP contribution in [0.3, 0.4) is 0 Å². The number of amides is 1. The van der Waals surface area contributed by atoms with Crippen molar-refractivity contribution in [3.63, 3.8) is 0 Å². The molecule has 1 spiro atoms. The van der Waals surface area contributed by atoms with Crippen LogP contribution in [0, 0.1) is 11.8 Å². The molecule has 2 aliphatic rings. The summed E-state index contributed by atoms with van der Waals surface area (Å²) >= 11 is 0. The third-order valence-corrected chi connectivity index (χ3v) is 3.94. The van der Waals surface area contributed by atoms with Crippen LogP contribution in [-0.4, -0.2) is 22.2 Å². The summed E-state index contributed by atoms with van der Waals surface area (Å²) in [4.78, 5) is 10.9. The average Bonchev–Trinajstić information content (AvgIpc) is 2.05. The van der Waals surface area contributed by atoms with E-state index in [0.717, 1.165) is 0 Å². The largest absolute Gasteiger partial charge is 0.644 e. The summed E-state index contributed by atoms with van der Waals surface area (Å²) in [6.07, 6.45) is 4.19. The third-order valence-electron chi connectivity index (χ3n) is 3.94. The quantitative estimate of drug-likeness (QED) is 0.435. The molecule has 1 amide bonds. The van der Waals surface area contributed by atoms with Crippen molar-refractivity contribution in [1.82, 2.24) is 0 Å². The van der Waals surface area contributed by atoms with Crippen molar-refractivity contribution in [2.45, 2.75) is 38.3 Å². The third kappa shape index (κ3) is 2.53. The van der Waals surface area contributed by atoms with E-state index in [1.165, 1.54) is 0 Å². The fourth-order valence-electron chi connectivity index (χ4n) is 2.38. The minimum atomic E-state index is -0.765. The van der Waals surface area contributed by atoms with Gasteiger partial charge in [-0.15, -0.1) is 0 Å². The monoisotopic (exact) mass is 467 g/mol. The second kappa shape index (κ2) is 5.30. The second-order valence-corrected chi connectivity index (χ2v) is 4.81. The Morgan fingerprint density at radius 1 is 1.38 bits per heavy atom.